The first-order valence-corrected chi connectivity index (χ1v) is 10.2. The van der Waals surface area contributed by atoms with Gasteiger partial charge < -0.3 is 19.5 Å². The lowest BCUT2D eigenvalue weighted by molar-refractivity contribution is -0.122. The quantitative estimate of drug-likeness (QED) is 0.610. The van der Waals surface area contributed by atoms with Crippen molar-refractivity contribution >= 4 is 45.8 Å². The van der Waals surface area contributed by atoms with Gasteiger partial charge in [-0.25, -0.2) is 9.59 Å². The van der Waals surface area contributed by atoms with E-state index in [0.29, 0.717) is 16.3 Å². The minimum atomic E-state index is -0.878. The molecular formula is C20H22ClNO6S. The van der Waals surface area contributed by atoms with Crippen LogP contribution in [0.15, 0.2) is 24.3 Å². The van der Waals surface area contributed by atoms with Crippen molar-refractivity contribution < 1.29 is 28.6 Å². The number of hydrogen-bond acceptors (Lipinski definition) is 7. The second kappa shape index (κ2) is 10.3. The Morgan fingerprint density at radius 1 is 1.14 bits per heavy atom. The Balaban J connectivity index is 2.27. The molecule has 29 heavy (non-hydrogen) atoms. The Morgan fingerprint density at radius 3 is 2.41 bits per heavy atom. The first-order valence-electron chi connectivity index (χ1n) is 8.99. The summed E-state index contributed by atoms with van der Waals surface area (Å²) in [5.41, 5.74) is 0.522. The lowest BCUT2D eigenvalue weighted by atomic mass is 10.1. The van der Waals surface area contributed by atoms with Gasteiger partial charge in [-0.1, -0.05) is 17.7 Å². The van der Waals surface area contributed by atoms with Crippen LogP contribution in [-0.2, 0) is 14.3 Å². The number of rotatable bonds is 8. The molecule has 1 atom stereocenters. The van der Waals surface area contributed by atoms with E-state index >= 15 is 0 Å². The van der Waals surface area contributed by atoms with E-state index in [1.165, 1.54) is 0 Å². The second-order valence-corrected chi connectivity index (χ2v) is 7.37. The number of ether oxygens (including phenoxy) is 3. The summed E-state index contributed by atoms with van der Waals surface area (Å²) in [7, 11) is 0. The second-order valence-electron chi connectivity index (χ2n) is 5.91. The number of thiophene rings is 1. The lowest BCUT2D eigenvalue weighted by Crippen LogP contribution is -2.30. The molecule has 1 aromatic heterocycles. The zero-order valence-electron chi connectivity index (χ0n) is 16.5. The van der Waals surface area contributed by atoms with Gasteiger partial charge in [-0.05, 0) is 51.5 Å². The number of carbonyl (C=O) groups is 3. The molecule has 0 spiro atoms. The van der Waals surface area contributed by atoms with E-state index < -0.39 is 23.9 Å². The van der Waals surface area contributed by atoms with Gasteiger partial charge in [-0.15, -0.1) is 11.3 Å². The van der Waals surface area contributed by atoms with Crippen LogP contribution in [0.3, 0.4) is 0 Å². The molecule has 0 aliphatic carbocycles. The summed E-state index contributed by atoms with van der Waals surface area (Å²) in [6.07, 6.45) is -0.878. The highest BCUT2D eigenvalue weighted by atomic mass is 35.5. The number of esters is 2. The van der Waals surface area contributed by atoms with Crippen LogP contribution in [0.25, 0.3) is 0 Å². The normalized spacial score (nSPS) is 11.5. The summed E-state index contributed by atoms with van der Waals surface area (Å²) >= 11 is 6.88. The van der Waals surface area contributed by atoms with Gasteiger partial charge in [0.25, 0.3) is 5.91 Å². The summed E-state index contributed by atoms with van der Waals surface area (Å²) in [5, 5.41) is 3.34. The molecule has 1 heterocycles. The van der Waals surface area contributed by atoms with Crippen LogP contribution in [0, 0.1) is 6.92 Å². The van der Waals surface area contributed by atoms with Crippen LogP contribution in [0.5, 0.6) is 5.75 Å². The Hall–Kier alpha value is -2.58. The van der Waals surface area contributed by atoms with Crippen molar-refractivity contribution in [3.05, 3.63) is 45.3 Å². The highest BCUT2D eigenvalue weighted by Gasteiger charge is 2.28. The number of nitrogens with one attached hydrogen (secondary N) is 1. The third kappa shape index (κ3) is 5.71. The molecule has 9 heteroatoms. The van der Waals surface area contributed by atoms with Gasteiger partial charge in [-0.2, -0.15) is 0 Å². The Morgan fingerprint density at radius 2 is 1.79 bits per heavy atom. The average Bonchev–Trinajstić information content (AvgIpc) is 2.98. The van der Waals surface area contributed by atoms with Crippen LogP contribution in [0.2, 0.25) is 5.02 Å². The molecule has 0 saturated heterocycles. The van der Waals surface area contributed by atoms with E-state index in [1.54, 1.807) is 52.0 Å². The minimum absolute atomic E-state index is 0.128. The van der Waals surface area contributed by atoms with Gasteiger partial charge >= 0.3 is 11.9 Å². The third-order valence-electron chi connectivity index (χ3n) is 3.80. The maximum absolute atomic E-state index is 12.6. The van der Waals surface area contributed by atoms with Gasteiger partial charge in [0.2, 0.25) is 0 Å². The largest absolute Gasteiger partial charge is 0.481 e. The van der Waals surface area contributed by atoms with Crippen LogP contribution in [-0.4, -0.2) is 37.2 Å². The smallest absolute Gasteiger partial charge is 0.348 e. The number of hydrogen-bond donors (Lipinski definition) is 1. The van der Waals surface area contributed by atoms with Crippen molar-refractivity contribution in [3.8, 4) is 5.75 Å². The molecule has 0 aliphatic rings. The molecule has 7 nitrogen and oxygen atoms in total. The molecule has 2 rings (SSSR count). The zero-order valence-corrected chi connectivity index (χ0v) is 18.1. The highest BCUT2D eigenvalue weighted by Crippen LogP contribution is 2.34. The van der Waals surface area contributed by atoms with Crippen LogP contribution in [0.4, 0.5) is 5.00 Å². The Bertz CT molecular complexity index is 910. The summed E-state index contributed by atoms with van der Waals surface area (Å²) in [4.78, 5) is 37.4. The van der Waals surface area contributed by atoms with E-state index in [2.05, 4.69) is 5.32 Å². The minimum Gasteiger partial charge on any atom is -0.481 e. The fourth-order valence-electron chi connectivity index (χ4n) is 2.45. The van der Waals surface area contributed by atoms with Crippen molar-refractivity contribution in [2.75, 3.05) is 18.5 Å². The summed E-state index contributed by atoms with van der Waals surface area (Å²) in [6.45, 7) is 6.88. The van der Waals surface area contributed by atoms with E-state index in [0.717, 1.165) is 11.3 Å². The molecule has 0 aliphatic heterocycles. The predicted molar refractivity (Wildman–Crippen MR) is 111 cm³/mol. The molecule has 1 amide bonds. The maximum Gasteiger partial charge on any atom is 0.348 e. The molecule has 1 N–H and O–H groups in total. The molecule has 156 valence electrons. The molecule has 0 unspecified atom stereocenters. The molecule has 0 saturated carbocycles. The predicted octanol–water partition coefficient (Wildman–Crippen LogP) is 4.47. The van der Waals surface area contributed by atoms with E-state index in [1.807, 2.05) is 0 Å². The van der Waals surface area contributed by atoms with Gasteiger partial charge in [-0.3, -0.25) is 4.79 Å². The number of benzene rings is 1. The van der Waals surface area contributed by atoms with Crippen molar-refractivity contribution in [1.82, 2.24) is 0 Å². The van der Waals surface area contributed by atoms with Crippen molar-refractivity contribution in [2.45, 2.75) is 33.8 Å². The van der Waals surface area contributed by atoms with Gasteiger partial charge in [0.05, 0.1) is 18.8 Å². The standard InChI is InChI=1S/C20H22ClNO6S/c1-5-26-19(24)15-11(3)16(20(25)27-6-2)29-18(15)22-17(23)12(4)28-14-9-7-8-13(21)10-14/h7-10,12H,5-6H2,1-4H3,(H,22,23)/t12-/m1/s1. The van der Waals surface area contributed by atoms with E-state index in [4.69, 9.17) is 25.8 Å². The van der Waals surface area contributed by atoms with Crippen LogP contribution in [0.1, 0.15) is 46.4 Å². The first kappa shape index (κ1) is 22.7. The van der Waals surface area contributed by atoms with E-state index in [-0.39, 0.29) is 28.7 Å². The average molecular weight is 440 g/mol. The Kier molecular flexibility index (Phi) is 8.04. The lowest BCUT2D eigenvalue weighted by Gasteiger charge is -2.15. The fourth-order valence-corrected chi connectivity index (χ4v) is 3.73. The van der Waals surface area contributed by atoms with Crippen molar-refractivity contribution in [1.29, 1.82) is 0 Å². The molecule has 0 bridgehead atoms. The number of halogens is 1. The molecule has 2 aromatic rings. The molecular weight excluding hydrogens is 418 g/mol. The highest BCUT2D eigenvalue weighted by molar-refractivity contribution is 7.18. The topological polar surface area (TPSA) is 90.9 Å². The fraction of sp³-hybridized carbons (Fsp3) is 0.350. The monoisotopic (exact) mass is 439 g/mol. The summed E-state index contributed by atoms with van der Waals surface area (Å²) in [6, 6.07) is 6.66. The number of anilines is 1. The SMILES string of the molecule is CCOC(=O)c1sc(NC(=O)[C@@H](C)Oc2cccc(Cl)c2)c(C(=O)OCC)c1C. The van der Waals surface area contributed by atoms with Gasteiger partial charge in [0, 0.05) is 5.02 Å². The Labute approximate surface area is 177 Å². The van der Waals surface area contributed by atoms with Crippen molar-refractivity contribution in [2.24, 2.45) is 0 Å². The van der Waals surface area contributed by atoms with Crippen LogP contribution >= 0.6 is 22.9 Å². The number of carbonyl (C=O) groups excluding carboxylic acids is 3. The zero-order chi connectivity index (χ0) is 21.6. The molecule has 0 radical (unpaired) electrons. The summed E-state index contributed by atoms with van der Waals surface area (Å²) in [5.74, 6) is -1.26. The summed E-state index contributed by atoms with van der Waals surface area (Å²) < 4.78 is 15.7. The van der Waals surface area contributed by atoms with Crippen LogP contribution < -0.4 is 10.1 Å². The van der Waals surface area contributed by atoms with E-state index in [9.17, 15) is 14.4 Å². The molecule has 0 fully saturated rings. The number of amides is 1. The van der Waals surface area contributed by atoms with Crippen molar-refractivity contribution in [3.63, 3.8) is 0 Å². The van der Waals surface area contributed by atoms with Gasteiger partial charge in [0.15, 0.2) is 6.10 Å². The van der Waals surface area contributed by atoms with Gasteiger partial charge in [0.1, 0.15) is 15.6 Å². The molecule has 1 aromatic carbocycles. The third-order valence-corrected chi connectivity index (χ3v) is 5.22. The first-order chi connectivity index (χ1) is 13.8. The maximum atomic E-state index is 12.6.